The first-order valence-corrected chi connectivity index (χ1v) is 7.05. The molecule has 0 N–H and O–H groups in total. The molecule has 1 heterocycles. The predicted molar refractivity (Wildman–Crippen MR) is 77.6 cm³/mol. The highest BCUT2D eigenvalue weighted by atomic mass is 79.9. The molecular weight excluding hydrogens is 274 g/mol. The van der Waals surface area contributed by atoms with Gasteiger partial charge in [0.05, 0.1) is 0 Å². The Morgan fingerprint density at radius 3 is 2.82 bits per heavy atom. The molecule has 0 amide bonds. The summed E-state index contributed by atoms with van der Waals surface area (Å²) in [4.78, 5) is 4.82. The number of pyridine rings is 1. The Bertz CT molecular complexity index is 488. The van der Waals surface area contributed by atoms with Gasteiger partial charge in [-0.3, -0.25) is 4.98 Å². The van der Waals surface area contributed by atoms with Gasteiger partial charge in [-0.2, -0.15) is 0 Å². The minimum atomic E-state index is 0.592. The minimum Gasteiger partial charge on any atom is -0.264 e. The van der Waals surface area contributed by atoms with Gasteiger partial charge in [-0.25, -0.2) is 0 Å². The van der Waals surface area contributed by atoms with Crippen molar-refractivity contribution < 1.29 is 0 Å². The van der Waals surface area contributed by atoms with Crippen LogP contribution in [0.3, 0.4) is 0 Å². The average molecular weight is 292 g/mol. The molecule has 2 rings (SSSR count). The number of aryl methyl sites for hydroxylation is 1. The van der Waals surface area contributed by atoms with Crippen LogP contribution in [0, 0.1) is 5.92 Å². The van der Waals surface area contributed by atoms with Crippen molar-refractivity contribution >= 4 is 26.7 Å². The average Bonchev–Trinajstić information content (AvgIpc) is 2.35. The summed E-state index contributed by atoms with van der Waals surface area (Å²) >= 11 is 3.75. The standard InChI is InChI=1S/C15H18BrN/c1-11(2)15(16)7-6-12-4-3-5-13-8-9-17-10-14(12)13/h3-5,8-11,15H,6-7H2,1-2H3. The molecule has 1 aromatic heterocycles. The van der Waals surface area contributed by atoms with Crippen molar-refractivity contribution in [1.29, 1.82) is 0 Å². The van der Waals surface area contributed by atoms with Gasteiger partial charge in [0.2, 0.25) is 0 Å². The third kappa shape index (κ3) is 3.06. The monoisotopic (exact) mass is 291 g/mol. The van der Waals surface area contributed by atoms with Crippen molar-refractivity contribution in [3.63, 3.8) is 0 Å². The van der Waals surface area contributed by atoms with Crippen molar-refractivity contribution in [2.45, 2.75) is 31.5 Å². The van der Waals surface area contributed by atoms with Gasteiger partial charge in [0.1, 0.15) is 0 Å². The van der Waals surface area contributed by atoms with Crippen LogP contribution in [0.1, 0.15) is 25.8 Å². The third-order valence-electron chi connectivity index (χ3n) is 3.19. The van der Waals surface area contributed by atoms with Crippen LogP contribution in [-0.4, -0.2) is 9.81 Å². The van der Waals surface area contributed by atoms with E-state index in [1.807, 2.05) is 12.4 Å². The van der Waals surface area contributed by atoms with Gasteiger partial charge in [0, 0.05) is 22.6 Å². The zero-order valence-electron chi connectivity index (χ0n) is 10.4. The number of hydrogen-bond acceptors (Lipinski definition) is 1. The fourth-order valence-electron chi connectivity index (χ4n) is 2.02. The van der Waals surface area contributed by atoms with Crippen molar-refractivity contribution in [2.75, 3.05) is 0 Å². The second-order valence-corrected chi connectivity index (χ2v) is 5.99. The molecule has 0 aliphatic heterocycles. The first-order chi connectivity index (χ1) is 8.18. The topological polar surface area (TPSA) is 12.9 Å². The van der Waals surface area contributed by atoms with E-state index in [-0.39, 0.29) is 0 Å². The minimum absolute atomic E-state index is 0.592. The Kier molecular flexibility index (Phi) is 4.16. The fourth-order valence-corrected chi connectivity index (χ4v) is 2.25. The van der Waals surface area contributed by atoms with E-state index in [1.54, 1.807) is 0 Å². The Hall–Kier alpha value is -0.890. The molecule has 1 aromatic carbocycles. The van der Waals surface area contributed by atoms with Crippen LogP contribution in [0.4, 0.5) is 0 Å². The quantitative estimate of drug-likeness (QED) is 0.751. The molecule has 1 unspecified atom stereocenters. The molecule has 0 saturated heterocycles. The largest absolute Gasteiger partial charge is 0.264 e. The highest BCUT2D eigenvalue weighted by molar-refractivity contribution is 9.09. The number of halogens is 1. The summed E-state index contributed by atoms with van der Waals surface area (Å²) in [6, 6.07) is 8.57. The first kappa shape index (κ1) is 12.6. The second kappa shape index (κ2) is 5.63. The molecule has 0 spiro atoms. The zero-order chi connectivity index (χ0) is 12.3. The normalized spacial score (nSPS) is 13.2. The Morgan fingerprint density at radius 1 is 1.24 bits per heavy atom. The number of nitrogens with zero attached hydrogens (tertiary/aromatic N) is 1. The maximum Gasteiger partial charge on any atom is 0.0349 e. The molecule has 1 atom stereocenters. The zero-order valence-corrected chi connectivity index (χ0v) is 11.9. The molecular formula is C15H18BrN. The van der Waals surface area contributed by atoms with Gasteiger partial charge < -0.3 is 0 Å². The number of rotatable bonds is 4. The summed E-state index contributed by atoms with van der Waals surface area (Å²) in [6.45, 7) is 4.51. The van der Waals surface area contributed by atoms with Gasteiger partial charge >= 0.3 is 0 Å². The smallest absolute Gasteiger partial charge is 0.0349 e. The number of fused-ring (bicyclic) bond motifs is 1. The molecule has 17 heavy (non-hydrogen) atoms. The van der Waals surface area contributed by atoms with Crippen LogP contribution in [0.5, 0.6) is 0 Å². The van der Waals surface area contributed by atoms with E-state index in [1.165, 1.54) is 22.8 Å². The van der Waals surface area contributed by atoms with E-state index in [0.717, 1.165) is 6.42 Å². The molecule has 0 bridgehead atoms. The number of alkyl halides is 1. The molecule has 0 saturated carbocycles. The van der Waals surface area contributed by atoms with Crippen LogP contribution in [0.25, 0.3) is 10.8 Å². The lowest BCUT2D eigenvalue weighted by atomic mass is 9.99. The first-order valence-electron chi connectivity index (χ1n) is 6.14. The predicted octanol–water partition coefficient (Wildman–Crippen LogP) is 4.59. The van der Waals surface area contributed by atoms with Gasteiger partial charge in [0.15, 0.2) is 0 Å². The van der Waals surface area contributed by atoms with Gasteiger partial charge in [-0.15, -0.1) is 0 Å². The fraction of sp³-hybridized carbons (Fsp3) is 0.400. The highest BCUT2D eigenvalue weighted by Gasteiger charge is 2.10. The SMILES string of the molecule is CC(C)C(Br)CCc1cccc2ccncc12. The van der Waals surface area contributed by atoms with Crippen molar-refractivity contribution in [2.24, 2.45) is 5.92 Å². The number of benzene rings is 1. The Morgan fingerprint density at radius 2 is 2.06 bits per heavy atom. The molecule has 0 aliphatic rings. The number of hydrogen-bond donors (Lipinski definition) is 0. The van der Waals surface area contributed by atoms with E-state index in [9.17, 15) is 0 Å². The van der Waals surface area contributed by atoms with E-state index in [2.05, 4.69) is 59.0 Å². The maximum absolute atomic E-state index is 4.22. The highest BCUT2D eigenvalue weighted by Crippen LogP contribution is 2.23. The molecule has 2 heteroatoms. The van der Waals surface area contributed by atoms with Gasteiger partial charge in [-0.1, -0.05) is 48.0 Å². The molecule has 2 aromatic rings. The van der Waals surface area contributed by atoms with Crippen LogP contribution < -0.4 is 0 Å². The lowest BCUT2D eigenvalue weighted by Gasteiger charge is -2.14. The van der Waals surface area contributed by atoms with Gasteiger partial charge in [0.25, 0.3) is 0 Å². The second-order valence-electron chi connectivity index (χ2n) is 4.81. The maximum atomic E-state index is 4.22. The summed E-state index contributed by atoms with van der Waals surface area (Å²) in [7, 11) is 0. The van der Waals surface area contributed by atoms with Crippen LogP contribution in [0.15, 0.2) is 36.7 Å². The lowest BCUT2D eigenvalue weighted by Crippen LogP contribution is -2.08. The molecule has 1 nitrogen and oxygen atoms in total. The molecule has 0 fully saturated rings. The summed E-state index contributed by atoms with van der Waals surface area (Å²) in [5.41, 5.74) is 1.40. The van der Waals surface area contributed by atoms with E-state index in [4.69, 9.17) is 0 Å². The Balaban J connectivity index is 2.19. The van der Waals surface area contributed by atoms with Crippen molar-refractivity contribution in [1.82, 2.24) is 4.98 Å². The van der Waals surface area contributed by atoms with Gasteiger partial charge in [-0.05, 0) is 35.8 Å². The van der Waals surface area contributed by atoms with Crippen molar-refractivity contribution in [3.8, 4) is 0 Å². The molecule has 90 valence electrons. The van der Waals surface area contributed by atoms with Crippen molar-refractivity contribution in [3.05, 3.63) is 42.2 Å². The van der Waals surface area contributed by atoms with Crippen LogP contribution >= 0.6 is 15.9 Å². The van der Waals surface area contributed by atoms with Crippen LogP contribution in [0.2, 0.25) is 0 Å². The molecule has 0 aliphatic carbocycles. The lowest BCUT2D eigenvalue weighted by molar-refractivity contribution is 0.582. The van der Waals surface area contributed by atoms with E-state index < -0.39 is 0 Å². The third-order valence-corrected chi connectivity index (χ3v) is 4.70. The summed E-state index contributed by atoms with van der Waals surface area (Å²) < 4.78 is 0. The summed E-state index contributed by atoms with van der Waals surface area (Å²) in [5.74, 6) is 0.683. The molecule has 0 radical (unpaired) electrons. The number of aromatic nitrogens is 1. The Labute approximate surface area is 111 Å². The van der Waals surface area contributed by atoms with Crippen LogP contribution in [-0.2, 0) is 6.42 Å². The summed E-state index contributed by atoms with van der Waals surface area (Å²) in [6.07, 6.45) is 6.11. The van der Waals surface area contributed by atoms with E-state index >= 15 is 0 Å². The summed E-state index contributed by atoms with van der Waals surface area (Å²) in [5, 5.41) is 2.58. The van der Waals surface area contributed by atoms with E-state index in [0.29, 0.717) is 10.7 Å².